The highest BCUT2D eigenvalue weighted by molar-refractivity contribution is 6.17. The summed E-state index contributed by atoms with van der Waals surface area (Å²) in [4.78, 5) is 12.0. The fourth-order valence-corrected chi connectivity index (χ4v) is 2.69. The molecular formula is C15H19ClF2N2O2. The van der Waals surface area contributed by atoms with Gasteiger partial charge < -0.3 is 15.4 Å². The third-order valence-electron chi connectivity index (χ3n) is 3.78. The van der Waals surface area contributed by atoms with Crippen molar-refractivity contribution in [2.45, 2.75) is 24.8 Å². The second kappa shape index (κ2) is 7.74. The molecule has 1 saturated heterocycles. The lowest BCUT2D eigenvalue weighted by atomic mass is 9.81. The van der Waals surface area contributed by atoms with Crippen LogP contribution < -0.4 is 10.6 Å². The Hall–Kier alpha value is -1.40. The van der Waals surface area contributed by atoms with E-state index in [2.05, 4.69) is 10.6 Å². The summed E-state index contributed by atoms with van der Waals surface area (Å²) in [5, 5.41) is 6.00. The number of piperidine rings is 1. The average Bonchev–Trinajstić information content (AvgIpc) is 2.51. The molecule has 2 N–H and O–H groups in total. The van der Waals surface area contributed by atoms with Crippen LogP contribution in [0.5, 0.6) is 0 Å². The standard InChI is InChI=1S/C15H19ClF2N2O2/c16-6-1-9-22-14(21)20-15(4-7-19-8-5-15)11-2-3-12(17)13(18)10-11/h2-3,10,19H,1,4-9H2,(H,20,21). The Bertz CT molecular complexity index is 522. The Morgan fingerprint density at radius 2 is 2.05 bits per heavy atom. The summed E-state index contributed by atoms with van der Waals surface area (Å²) >= 11 is 5.54. The Morgan fingerprint density at radius 1 is 1.32 bits per heavy atom. The number of amides is 1. The van der Waals surface area contributed by atoms with Gasteiger partial charge in [0.15, 0.2) is 11.6 Å². The van der Waals surface area contributed by atoms with Crippen LogP contribution in [0.2, 0.25) is 0 Å². The molecule has 1 amide bonds. The number of carbonyl (C=O) groups is 1. The zero-order chi connectivity index (χ0) is 16.0. The summed E-state index contributed by atoms with van der Waals surface area (Å²) in [6.45, 7) is 1.56. The Labute approximate surface area is 133 Å². The van der Waals surface area contributed by atoms with Gasteiger partial charge in [0, 0.05) is 5.88 Å². The van der Waals surface area contributed by atoms with Crippen molar-refractivity contribution in [3.63, 3.8) is 0 Å². The van der Waals surface area contributed by atoms with Crippen molar-refractivity contribution in [2.75, 3.05) is 25.6 Å². The van der Waals surface area contributed by atoms with Crippen LogP contribution in [0, 0.1) is 11.6 Å². The summed E-state index contributed by atoms with van der Waals surface area (Å²) in [6.07, 6.45) is 1.14. The van der Waals surface area contributed by atoms with Gasteiger partial charge in [0.25, 0.3) is 0 Å². The highest BCUT2D eigenvalue weighted by Crippen LogP contribution is 2.31. The molecule has 1 aromatic carbocycles. The minimum atomic E-state index is -0.923. The van der Waals surface area contributed by atoms with Gasteiger partial charge in [-0.2, -0.15) is 0 Å². The van der Waals surface area contributed by atoms with Gasteiger partial charge in [0.05, 0.1) is 12.1 Å². The maximum absolute atomic E-state index is 13.5. The van der Waals surface area contributed by atoms with Crippen LogP contribution in [0.4, 0.5) is 13.6 Å². The van der Waals surface area contributed by atoms with Crippen molar-refractivity contribution < 1.29 is 18.3 Å². The van der Waals surface area contributed by atoms with Gasteiger partial charge in [-0.15, -0.1) is 11.6 Å². The van der Waals surface area contributed by atoms with Crippen LogP contribution in [0.3, 0.4) is 0 Å². The number of halogens is 3. The molecule has 1 heterocycles. The van der Waals surface area contributed by atoms with E-state index < -0.39 is 23.3 Å². The van der Waals surface area contributed by atoms with Crippen molar-refractivity contribution in [2.24, 2.45) is 0 Å². The minimum absolute atomic E-state index is 0.224. The highest BCUT2D eigenvalue weighted by atomic mass is 35.5. The molecule has 1 fully saturated rings. The van der Waals surface area contributed by atoms with Gasteiger partial charge in [-0.3, -0.25) is 0 Å². The van der Waals surface area contributed by atoms with Gasteiger partial charge in [0.1, 0.15) is 0 Å². The molecule has 0 aliphatic carbocycles. The number of rotatable bonds is 5. The lowest BCUT2D eigenvalue weighted by Gasteiger charge is -2.38. The zero-order valence-electron chi connectivity index (χ0n) is 12.1. The molecule has 0 spiro atoms. The first-order chi connectivity index (χ1) is 10.6. The van der Waals surface area contributed by atoms with Crippen molar-refractivity contribution in [1.29, 1.82) is 0 Å². The molecule has 1 aromatic rings. The number of hydrogen-bond donors (Lipinski definition) is 2. The van der Waals surface area contributed by atoms with Gasteiger partial charge in [0.2, 0.25) is 0 Å². The zero-order valence-corrected chi connectivity index (χ0v) is 12.9. The molecule has 0 radical (unpaired) electrons. The summed E-state index contributed by atoms with van der Waals surface area (Å²) in [5.41, 5.74) is -0.208. The molecule has 7 heteroatoms. The first-order valence-electron chi connectivity index (χ1n) is 7.24. The summed E-state index contributed by atoms with van der Waals surface area (Å²) in [5.74, 6) is -1.42. The Balaban J connectivity index is 2.16. The van der Waals surface area contributed by atoms with E-state index in [1.807, 2.05) is 0 Å². The van der Waals surface area contributed by atoms with E-state index in [0.29, 0.717) is 43.8 Å². The Kier molecular flexibility index (Phi) is 5.97. The third-order valence-corrected chi connectivity index (χ3v) is 4.05. The number of carbonyl (C=O) groups excluding carboxylic acids is 1. The van der Waals surface area contributed by atoms with Crippen LogP contribution in [0.15, 0.2) is 18.2 Å². The summed E-state index contributed by atoms with van der Waals surface area (Å²) in [6, 6.07) is 3.72. The second-order valence-electron chi connectivity index (χ2n) is 5.26. The van der Waals surface area contributed by atoms with Gasteiger partial charge >= 0.3 is 6.09 Å². The topological polar surface area (TPSA) is 50.4 Å². The first kappa shape index (κ1) is 17.0. The number of alkyl carbamates (subject to hydrolysis) is 1. The SMILES string of the molecule is O=C(NC1(c2ccc(F)c(F)c2)CCNCC1)OCCCCl. The smallest absolute Gasteiger partial charge is 0.407 e. The highest BCUT2D eigenvalue weighted by Gasteiger charge is 2.36. The molecule has 1 aliphatic rings. The largest absolute Gasteiger partial charge is 0.450 e. The molecule has 0 bridgehead atoms. The monoisotopic (exact) mass is 332 g/mol. The van der Waals surface area contributed by atoms with Crippen LogP contribution in [-0.4, -0.2) is 31.7 Å². The van der Waals surface area contributed by atoms with E-state index in [1.54, 1.807) is 0 Å². The summed E-state index contributed by atoms with van der Waals surface area (Å²) < 4.78 is 31.8. The van der Waals surface area contributed by atoms with E-state index in [1.165, 1.54) is 6.07 Å². The number of ether oxygens (including phenoxy) is 1. The fourth-order valence-electron chi connectivity index (χ4n) is 2.58. The number of nitrogens with one attached hydrogen (secondary N) is 2. The number of hydrogen-bond acceptors (Lipinski definition) is 3. The second-order valence-corrected chi connectivity index (χ2v) is 5.64. The van der Waals surface area contributed by atoms with E-state index >= 15 is 0 Å². The molecule has 2 rings (SSSR count). The molecule has 4 nitrogen and oxygen atoms in total. The van der Waals surface area contributed by atoms with E-state index in [4.69, 9.17) is 16.3 Å². The molecular weight excluding hydrogens is 314 g/mol. The van der Waals surface area contributed by atoms with Crippen molar-refractivity contribution in [3.8, 4) is 0 Å². The molecule has 22 heavy (non-hydrogen) atoms. The third kappa shape index (κ3) is 4.08. The molecule has 0 atom stereocenters. The molecule has 122 valence electrons. The quantitative estimate of drug-likeness (QED) is 0.644. The average molecular weight is 333 g/mol. The van der Waals surface area contributed by atoms with E-state index in [0.717, 1.165) is 12.1 Å². The van der Waals surface area contributed by atoms with Crippen LogP contribution >= 0.6 is 11.6 Å². The molecule has 1 aliphatic heterocycles. The predicted molar refractivity (Wildman–Crippen MR) is 80.0 cm³/mol. The van der Waals surface area contributed by atoms with Crippen molar-refractivity contribution in [3.05, 3.63) is 35.4 Å². The molecule has 0 saturated carbocycles. The lowest BCUT2D eigenvalue weighted by Crippen LogP contribution is -2.52. The summed E-state index contributed by atoms with van der Waals surface area (Å²) in [7, 11) is 0. The van der Waals surface area contributed by atoms with Crippen molar-refractivity contribution >= 4 is 17.7 Å². The van der Waals surface area contributed by atoms with E-state index in [9.17, 15) is 13.6 Å². The number of alkyl halides is 1. The van der Waals surface area contributed by atoms with Gasteiger partial charge in [-0.25, -0.2) is 13.6 Å². The maximum atomic E-state index is 13.5. The van der Waals surface area contributed by atoms with Crippen LogP contribution in [0.1, 0.15) is 24.8 Å². The van der Waals surface area contributed by atoms with Crippen molar-refractivity contribution in [1.82, 2.24) is 10.6 Å². The fraction of sp³-hybridized carbons (Fsp3) is 0.533. The van der Waals surface area contributed by atoms with Crippen LogP contribution in [0.25, 0.3) is 0 Å². The van der Waals surface area contributed by atoms with Gasteiger partial charge in [-0.1, -0.05) is 6.07 Å². The lowest BCUT2D eigenvalue weighted by molar-refractivity contribution is 0.124. The van der Waals surface area contributed by atoms with Crippen LogP contribution in [-0.2, 0) is 10.3 Å². The van der Waals surface area contributed by atoms with E-state index in [-0.39, 0.29) is 6.61 Å². The Morgan fingerprint density at radius 3 is 2.68 bits per heavy atom. The first-order valence-corrected chi connectivity index (χ1v) is 7.78. The number of benzene rings is 1. The van der Waals surface area contributed by atoms with Gasteiger partial charge in [-0.05, 0) is 50.0 Å². The maximum Gasteiger partial charge on any atom is 0.407 e. The molecule has 0 aromatic heterocycles. The predicted octanol–water partition coefficient (Wildman–Crippen LogP) is 2.90. The molecule has 0 unspecified atom stereocenters. The minimum Gasteiger partial charge on any atom is -0.450 e. The normalized spacial score (nSPS) is 17.0.